The number of aromatic nitrogens is 1. The molecule has 2 heterocycles. The van der Waals surface area contributed by atoms with Crippen molar-refractivity contribution in [2.24, 2.45) is 5.41 Å². The lowest BCUT2D eigenvalue weighted by atomic mass is 9.73. The number of nitrogens with zero attached hydrogens (tertiary/aromatic N) is 1. The van der Waals surface area contributed by atoms with Crippen molar-refractivity contribution in [1.82, 2.24) is 4.98 Å². The Morgan fingerprint density at radius 1 is 1.08 bits per heavy atom. The van der Waals surface area contributed by atoms with Crippen molar-refractivity contribution >= 4 is 17.2 Å². The van der Waals surface area contributed by atoms with E-state index in [1.807, 2.05) is 42.6 Å². The molecule has 1 aliphatic heterocycles. The zero-order valence-electron chi connectivity index (χ0n) is 14.0. The SMILES string of the molecule is CC1(C)CC(=O)C2=C(C1)Nc1ccccc1N[C@@H]2c1cccnc1. The monoisotopic (exact) mass is 319 g/mol. The fourth-order valence-corrected chi connectivity index (χ4v) is 3.69. The van der Waals surface area contributed by atoms with Gasteiger partial charge in [0.15, 0.2) is 5.78 Å². The predicted octanol–water partition coefficient (Wildman–Crippen LogP) is 4.30. The second-order valence-electron chi connectivity index (χ2n) is 7.37. The van der Waals surface area contributed by atoms with E-state index in [2.05, 4.69) is 29.5 Å². The molecule has 2 N–H and O–H groups in total. The molecule has 0 fully saturated rings. The van der Waals surface area contributed by atoms with Gasteiger partial charge in [-0.15, -0.1) is 0 Å². The summed E-state index contributed by atoms with van der Waals surface area (Å²) in [5.41, 5.74) is 4.88. The molecule has 0 radical (unpaired) electrons. The van der Waals surface area contributed by atoms with Crippen molar-refractivity contribution in [2.45, 2.75) is 32.7 Å². The van der Waals surface area contributed by atoms with Gasteiger partial charge in [0.1, 0.15) is 0 Å². The van der Waals surface area contributed by atoms with Gasteiger partial charge in [0.25, 0.3) is 0 Å². The second kappa shape index (κ2) is 5.48. The fraction of sp³-hybridized carbons (Fsp3) is 0.300. The van der Waals surface area contributed by atoms with Crippen LogP contribution in [0.4, 0.5) is 11.4 Å². The molecular weight excluding hydrogens is 298 g/mol. The largest absolute Gasteiger partial charge is 0.372 e. The van der Waals surface area contributed by atoms with Crippen molar-refractivity contribution in [2.75, 3.05) is 10.6 Å². The second-order valence-corrected chi connectivity index (χ2v) is 7.37. The lowest BCUT2D eigenvalue weighted by Crippen LogP contribution is -2.31. The first kappa shape index (κ1) is 14.9. The number of nitrogens with one attached hydrogen (secondary N) is 2. The van der Waals surface area contributed by atoms with Crippen molar-refractivity contribution in [1.29, 1.82) is 0 Å². The zero-order chi connectivity index (χ0) is 16.7. The number of anilines is 2. The molecule has 4 heteroatoms. The summed E-state index contributed by atoms with van der Waals surface area (Å²) in [5, 5.41) is 7.07. The Balaban J connectivity index is 1.89. The van der Waals surface area contributed by atoms with Gasteiger partial charge in [-0.25, -0.2) is 0 Å². The van der Waals surface area contributed by atoms with Crippen LogP contribution in [0, 0.1) is 5.41 Å². The third-order valence-corrected chi connectivity index (χ3v) is 4.74. The third-order valence-electron chi connectivity index (χ3n) is 4.74. The molecule has 122 valence electrons. The van der Waals surface area contributed by atoms with E-state index in [9.17, 15) is 4.79 Å². The van der Waals surface area contributed by atoms with E-state index in [0.29, 0.717) is 6.42 Å². The maximum atomic E-state index is 13.0. The van der Waals surface area contributed by atoms with Crippen LogP contribution < -0.4 is 10.6 Å². The van der Waals surface area contributed by atoms with Gasteiger partial charge in [-0.1, -0.05) is 32.0 Å². The minimum absolute atomic E-state index is 0.0261. The molecule has 0 bridgehead atoms. The number of carbonyl (C=O) groups excluding carboxylic acids is 1. The number of benzene rings is 1. The average molecular weight is 319 g/mol. The highest BCUT2D eigenvalue weighted by molar-refractivity contribution is 6.01. The van der Waals surface area contributed by atoms with Crippen LogP contribution in [-0.2, 0) is 4.79 Å². The van der Waals surface area contributed by atoms with E-state index < -0.39 is 0 Å². The van der Waals surface area contributed by atoms with Gasteiger partial charge in [-0.3, -0.25) is 9.78 Å². The molecule has 2 aliphatic rings. The first-order valence-electron chi connectivity index (χ1n) is 8.32. The fourth-order valence-electron chi connectivity index (χ4n) is 3.69. The summed E-state index contributed by atoms with van der Waals surface area (Å²) in [7, 11) is 0. The number of Topliss-reactive ketones (excluding diaryl/α,β-unsaturated/α-hetero) is 1. The summed E-state index contributed by atoms with van der Waals surface area (Å²) in [6, 6.07) is 11.9. The Hall–Kier alpha value is -2.62. The van der Waals surface area contributed by atoms with Crippen LogP contribution in [-0.4, -0.2) is 10.8 Å². The van der Waals surface area contributed by atoms with Gasteiger partial charge in [-0.05, 0) is 35.6 Å². The van der Waals surface area contributed by atoms with Gasteiger partial charge in [0, 0.05) is 30.1 Å². The Morgan fingerprint density at radius 2 is 1.88 bits per heavy atom. The molecule has 24 heavy (non-hydrogen) atoms. The molecule has 0 spiro atoms. The number of pyridine rings is 1. The topological polar surface area (TPSA) is 54.0 Å². The highest BCUT2D eigenvalue weighted by Crippen LogP contribution is 2.45. The molecular formula is C20H21N3O. The Bertz CT molecular complexity index is 824. The van der Waals surface area contributed by atoms with Crippen molar-refractivity contribution in [3.05, 3.63) is 65.6 Å². The van der Waals surface area contributed by atoms with Crippen LogP contribution in [0.15, 0.2) is 60.1 Å². The van der Waals surface area contributed by atoms with Crippen LogP contribution in [0.25, 0.3) is 0 Å². The molecule has 1 atom stereocenters. The van der Waals surface area contributed by atoms with Crippen LogP contribution in [0.1, 0.15) is 38.3 Å². The Labute approximate surface area is 142 Å². The highest BCUT2D eigenvalue weighted by atomic mass is 16.1. The molecule has 0 saturated heterocycles. The van der Waals surface area contributed by atoms with Crippen molar-refractivity contribution in [3.8, 4) is 0 Å². The maximum Gasteiger partial charge on any atom is 0.163 e. The summed E-state index contributed by atoms with van der Waals surface area (Å²) < 4.78 is 0. The van der Waals surface area contributed by atoms with Gasteiger partial charge in [0.05, 0.1) is 17.4 Å². The number of carbonyl (C=O) groups is 1. The summed E-state index contributed by atoms with van der Waals surface area (Å²) >= 11 is 0. The molecule has 1 aliphatic carbocycles. The normalized spacial score (nSPS) is 21.9. The van der Waals surface area contributed by atoms with Gasteiger partial charge >= 0.3 is 0 Å². The number of ketones is 1. The van der Waals surface area contributed by atoms with Crippen LogP contribution in [0.2, 0.25) is 0 Å². The van der Waals surface area contributed by atoms with E-state index in [0.717, 1.165) is 34.6 Å². The number of hydrogen-bond donors (Lipinski definition) is 2. The minimum Gasteiger partial charge on any atom is -0.372 e. The maximum absolute atomic E-state index is 13.0. The lowest BCUT2D eigenvalue weighted by molar-refractivity contribution is -0.118. The van der Waals surface area contributed by atoms with Gasteiger partial charge in [0.2, 0.25) is 0 Å². The first-order valence-corrected chi connectivity index (χ1v) is 8.32. The van der Waals surface area contributed by atoms with E-state index in [1.54, 1.807) is 6.20 Å². The van der Waals surface area contributed by atoms with Crippen LogP contribution in [0.3, 0.4) is 0 Å². The third kappa shape index (κ3) is 2.58. The summed E-state index contributed by atoms with van der Waals surface area (Å²) in [6.45, 7) is 4.30. The Kier molecular flexibility index (Phi) is 3.41. The van der Waals surface area contributed by atoms with E-state index >= 15 is 0 Å². The first-order chi connectivity index (χ1) is 11.5. The lowest BCUT2D eigenvalue weighted by Gasteiger charge is -2.34. The van der Waals surface area contributed by atoms with E-state index in [1.165, 1.54) is 0 Å². The molecule has 1 aromatic carbocycles. The van der Waals surface area contributed by atoms with E-state index in [4.69, 9.17) is 0 Å². The molecule has 0 unspecified atom stereocenters. The molecule has 0 saturated carbocycles. The number of para-hydroxylation sites is 2. The van der Waals surface area contributed by atoms with Crippen molar-refractivity contribution in [3.63, 3.8) is 0 Å². The highest BCUT2D eigenvalue weighted by Gasteiger charge is 2.38. The summed E-state index contributed by atoms with van der Waals surface area (Å²) in [5.74, 6) is 0.211. The van der Waals surface area contributed by atoms with Crippen molar-refractivity contribution < 1.29 is 4.79 Å². The standard InChI is InChI=1S/C20H21N3O/c1-20(2)10-16-18(17(24)11-20)19(13-6-5-9-21-12-13)23-15-8-4-3-7-14(15)22-16/h3-9,12,19,22-23H,10-11H2,1-2H3/t19-/m1/s1. The Morgan fingerprint density at radius 3 is 2.62 bits per heavy atom. The predicted molar refractivity (Wildman–Crippen MR) is 95.7 cm³/mol. The molecule has 2 aromatic rings. The number of rotatable bonds is 1. The van der Waals surface area contributed by atoms with Gasteiger partial charge < -0.3 is 10.6 Å². The van der Waals surface area contributed by atoms with E-state index in [-0.39, 0.29) is 17.2 Å². The number of hydrogen-bond acceptors (Lipinski definition) is 4. The number of fused-ring (bicyclic) bond motifs is 1. The number of allylic oxidation sites excluding steroid dienone is 1. The van der Waals surface area contributed by atoms with Crippen LogP contribution in [0.5, 0.6) is 0 Å². The average Bonchev–Trinajstić information content (AvgIpc) is 2.70. The molecule has 1 aromatic heterocycles. The zero-order valence-corrected chi connectivity index (χ0v) is 14.0. The smallest absolute Gasteiger partial charge is 0.163 e. The van der Waals surface area contributed by atoms with Gasteiger partial charge in [-0.2, -0.15) is 0 Å². The quantitative estimate of drug-likeness (QED) is 0.822. The molecule has 0 amide bonds. The molecule has 4 nitrogen and oxygen atoms in total. The molecule has 4 rings (SSSR count). The van der Waals surface area contributed by atoms with Crippen LogP contribution >= 0.6 is 0 Å². The summed E-state index contributed by atoms with van der Waals surface area (Å²) in [6.07, 6.45) is 5.03. The summed E-state index contributed by atoms with van der Waals surface area (Å²) in [4.78, 5) is 17.2. The minimum atomic E-state index is -0.173.